The Bertz CT molecular complexity index is 260. The van der Waals surface area contributed by atoms with Gasteiger partial charge in [0.15, 0.2) is 0 Å². The first-order valence-electron chi connectivity index (χ1n) is 7.17. The number of piperidine rings is 2. The van der Waals surface area contributed by atoms with Crippen molar-refractivity contribution in [3.63, 3.8) is 0 Å². The lowest BCUT2D eigenvalue weighted by Crippen LogP contribution is -2.35. The molecule has 0 aromatic rings. The summed E-state index contributed by atoms with van der Waals surface area (Å²) in [5.74, 6) is 0.0831. The third-order valence-corrected chi connectivity index (χ3v) is 3.65. The number of nitrogens with one attached hydrogen (secondary N) is 1. The Labute approximate surface area is 112 Å². The number of likely N-dealkylation sites (tertiary alicyclic amines) is 1. The van der Waals surface area contributed by atoms with Crippen LogP contribution in [0.4, 0.5) is 0 Å². The lowest BCUT2D eigenvalue weighted by atomic mass is 9.85. The van der Waals surface area contributed by atoms with Crippen LogP contribution >= 0.6 is 0 Å². The van der Waals surface area contributed by atoms with E-state index in [0.29, 0.717) is 5.41 Å². The predicted octanol–water partition coefficient (Wildman–Crippen LogP) is 2.58. The van der Waals surface area contributed by atoms with Crippen molar-refractivity contribution in [2.75, 3.05) is 26.2 Å². The van der Waals surface area contributed by atoms with Gasteiger partial charge < -0.3 is 10.2 Å². The maximum Gasteiger partial charge on any atom is 0.245 e. The second-order valence-electron chi connectivity index (χ2n) is 6.03. The number of carbonyl (C=O) groups excluding carboxylic acids is 1. The molecule has 2 saturated heterocycles. The summed E-state index contributed by atoms with van der Waals surface area (Å²) in [6.07, 6.45) is 7.71. The molecule has 104 valence electrons. The van der Waals surface area contributed by atoms with Gasteiger partial charge in [-0.05, 0) is 50.1 Å². The Morgan fingerprint density at radius 1 is 1.22 bits per heavy atom. The molecular formula is C15H28N2O. The van der Waals surface area contributed by atoms with Crippen molar-refractivity contribution in [1.29, 1.82) is 0 Å². The van der Waals surface area contributed by atoms with Gasteiger partial charge in [0, 0.05) is 19.6 Å². The molecule has 2 aliphatic rings. The van der Waals surface area contributed by atoms with E-state index in [9.17, 15) is 4.79 Å². The van der Waals surface area contributed by atoms with E-state index in [1.807, 2.05) is 4.90 Å². The van der Waals surface area contributed by atoms with E-state index in [4.69, 9.17) is 0 Å². The van der Waals surface area contributed by atoms with Crippen LogP contribution in [-0.4, -0.2) is 37.0 Å². The standard InChI is InChI=1S/C8H13NO.C7H15N/c1-2-8(10)9-6-4-3-5-7-9;1-7(2)4-3-5-8-6-7/h2H,1,3-7H2;8H,3-6H2,1-2H3. The van der Waals surface area contributed by atoms with Gasteiger partial charge in [-0.25, -0.2) is 0 Å². The maximum atomic E-state index is 11.0. The Balaban J connectivity index is 0.000000184. The van der Waals surface area contributed by atoms with Crippen molar-refractivity contribution in [2.24, 2.45) is 5.41 Å². The highest BCUT2D eigenvalue weighted by molar-refractivity contribution is 5.86. The molecule has 0 bridgehead atoms. The molecule has 1 N–H and O–H groups in total. The molecule has 0 aliphatic carbocycles. The van der Waals surface area contributed by atoms with Crippen LogP contribution in [0.15, 0.2) is 12.7 Å². The van der Waals surface area contributed by atoms with Gasteiger partial charge in [-0.1, -0.05) is 20.4 Å². The van der Waals surface area contributed by atoms with Crippen molar-refractivity contribution in [1.82, 2.24) is 10.2 Å². The number of amides is 1. The van der Waals surface area contributed by atoms with Crippen molar-refractivity contribution in [2.45, 2.75) is 46.0 Å². The first-order valence-corrected chi connectivity index (χ1v) is 7.17. The zero-order chi connectivity index (χ0) is 13.4. The quantitative estimate of drug-likeness (QED) is 0.728. The zero-order valence-electron chi connectivity index (χ0n) is 12.0. The molecule has 0 aromatic carbocycles. The lowest BCUT2D eigenvalue weighted by molar-refractivity contribution is -0.126. The van der Waals surface area contributed by atoms with Gasteiger partial charge in [0.25, 0.3) is 0 Å². The number of hydrogen-bond acceptors (Lipinski definition) is 2. The number of carbonyl (C=O) groups is 1. The van der Waals surface area contributed by atoms with E-state index >= 15 is 0 Å². The first kappa shape index (κ1) is 15.2. The highest BCUT2D eigenvalue weighted by atomic mass is 16.2. The van der Waals surface area contributed by atoms with Gasteiger partial charge in [0.2, 0.25) is 5.91 Å². The molecule has 3 nitrogen and oxygen atoms in total. The van der Waals surface area contributed by atoms with Gasteiger partial charge >= 0.3 is 0 Å². The van der Waals surface area contributed by atoms with Crippen LogP contribution in [0.3, 0.4) is 0 Å². The smallest absolute Gasteiger partial charge is 0.245 e. The fraction of sp³-hybridized carbons (Fsp3) is 0.800. The third kappa shape index (κ3) is 5.67. The third-order valence-electron chi connectivity index (χ3n) is 3.65. The van der Waals surface area contributed by atoms with E-state index in [2.05, 4.69) is 25.7 Å². The molecular weight excluding hydrogens is 224 g/mol. The molecule has 0 atom stereocenters. The Morgan fingerprint density at radius 3 is 2.28 bits per heavy atom. The second-order valence-corrected chi connectivity index (χ2v) is 6.03. The van der Waals surface area contributed by atoms with Crippen molar-refractivity contribution in [3.8, 4) is 0 Å². The topological polar surface area (TPSA) is 32.3 Å². The number of hydrogen-bond donors (Lipinski definition) is 1. The van der Waals surface area contributed by atoms with Gasteiger partial charge in [-0.15, -0.1) is 0 Å². The van der Waals surface area contributed by atoms with Crippen molar-refractivity contribution in [3.05, 3.63) is 12.7 Å². The number of nitrogens with zero attached hydrogens (tertiary/aromatic N) is 1. The predicted molar refractivity (Wildman–Crippen MR) is 76.5 cm³/mol. The van der Waals surface area contributed by atoms with E-state index in [-0.39, 0.29) is 5.91 Å². The first-order chi connectivity index (χ1) is 8.55. The van der Waals surface area contributed by atoms with Crippen molar-refractivity contribution >= 4 is 5.91 Å². The minimum Gasteiger partial charge on any atom is -0.339 e. The van der Waals surface area contributed by atoms with Gasteiger partial charge in [0.1, 0.15) is 0 Å². The molecule has 2 rings (SSSR count). The molecule has 3 heteroatoms. The highest BCUT2D eigenvalue weighted by Gasteiger charge is 2.19. The van der Waals surface area contributed by atoms with E-state index < -0.39 is 0 Å². The zero-order valence-corrected chi connectivity index (χ0v) is 12.0. The van der Waals surface area contributed by atoms with Gasteiger partial charge in [-0.2, -0.15) is 0 Å². The Hall–Kier alpha value is -0.830. The summed E-state index contributed by atoms with van der Waals surface area (Å²) in [6, 6.07) is 0. The Morgan fingerprint density at radius 2 is 1.89 bits per heavy atom. The monoisotopic (exact) mass is 252 g/mol. The summed E-state index contributed by atoms with van der Waals surface area (Å²) < 4.78 is 0. The van der Waals surface area contributed by atoms with Gasteiger partial charge in [-0.3, -0.25) is 4.79 Å². The van der Waals surface area contributed by atoms with Crippen LogP contribution in [0, 0.1) is 5.41 Å². The lowest BCUT2D eigenvalue weighted by Gasteiger charge is -2.29. The molecule has 2 fully saturated rings. The van der Waals surface area contributed by atoms with Crippen LogP contribution in [0.1, 0.15) is 46.0 Å². The van der Waals surface area contributed by atoms with Crippen LogP contribution in [-0.2, 0) is 4.79 Å². The van der Waals surface area contributed by atoms with E-state index in [0.717, 1.165) is 25.9 Å². The largest absolute Gasteiger partial charge is 0.339 e. The second kappa shape index (κ2) is 7.57. The van der Waals surface area contributed by atoms with E-state index in [1.165, 1.54) is 38.4 Å². The van der Waals surface area contributed by atoms with Crippen LogP contribution < -0.4 is 5.32 Å². The Kier molecular flexibility index (Phi) is 6.41. The molecule has 18 heavy (non-hydrogen) atoms. The van der Waals surface area contributed by atoms with E-state index in [1.54, 1.807) is 0 Å². The highest BCUT2D eigenvalue weighted by Crippen LogP contribution is 2.23. The van der Waals surface area contributed by atoms with Crippen molar-refractivity contribution < 1.29 is 4.79 Å². The summed E-state index contributed by atoms with van der Waals surface area (Å²) in [5, 5.41) is 3.38. The fourth-order valence-electron chi connectivity index (χ4n) is 2.45. The van der Waals surface area contributed by atoms with Gasteiger partial charge in [0.05, 0.1) is 0 Å². The maximum absolute atomic E-state index is 11.0. The summed E-state index contributed by atoms with van der Waals surface area (Å²) >= 11 is 0. The van der Waals surface area contributed by atoms with Crippen LogP contribution in [0.25, 0.3) is 0 Å². The minimum atomic E-state index is 0.0831. The molecule has 1 amide bonds. The normalized spacial score (nSPS) is 22.7. The fourth-order valence-corrected chi connectivity index (χ4v) is 2.45. The summed E-state index contributed by atoms with van der Waals surface area (Å²) in [6.45, 7) is 12.4. The molecule has 2 aliphatic heterocycles. The molecule has 0 spiro atoms. The average Bonchev–Trinajstić information content (AvgIpc) is 2.39. The summed E-state index contributed by atoms with van der Waals surface area (Å²) in [5.41, 5.74) is 0.568. The minimum absolute atomic E-state index is 0.0831. The van der Waals surface area contributed by atoms with Crippen LogP contribution in [0.2, 0.25) is 0 Å². The molecule has 0 unspecified atom stereocenters. The average molecular weight is 252 g/mol. The summed E-state index contributed by atoms with van der Waals surface area (Å²) in [4.78, 5) is 12.8. The molecule has 0 aromatic heterocycles. The molecule has 0 saturated carbocycles. The number of rotatable bonds is 1. The molecule has 2 heterocycles. The molecule has 0 radical (unpaired) electrons. The summed E-state index contributed by atoms with van der Waals surface area (Å²) in [7, 11) is 0. The van der Waals surface area contributed by atoms with Crippen LogP contribution in [0.5, 0.6) is 0 Å². The SMILES string of the molecule is C=CC(=O)N1CCCCC1.CC1(C)CCCNC1.